The lowest BCUT2D eigenvalue weighted by Crippen LogP contribution is -2.51. The van der Waals surface area contributed by atoms with E-state index in [0.29, 0.717) is 37.9 Å². The Morgan fingerprint density at radius 2 is 1.49 bits per heavy atom. The highest BCUT2D eigenvalue weighted by Gasteiger charge is 2.39. The lowest BCUT2D eigenvalue weighted by atomic mass is 9.78. The molecule has 39 heavy (non-hydrogen) atoms. The number of benzene rings is 3. The van der Waals surface area contributed by atoms with Gasteiger partial charge in [0, 0.05) is 25.2 Å². The van der Waals surface area contributed by atoms with Crippen molar-refractivity contribution in [2.45, 2.75) is 74.5 Å². The molecule has 2 fully saturated rings. The summed E-state index contributed by atoms with van der Waals surface area (Å²) in [7, 11) is -4.08. The first-order valence-electron chi connectivity index (χ1n) is 13.7. The Balaban J connectivity index is 1.43. The molecule has 2 aliphatic rings. The van der Waals surface area contributed by atoms with E-state index in [9.17, 15) is 21.6 Å². The first kappa shape index (κ1) is 27.7. The minimum Gasteiger partial charge on any atom is -0.300 e. The van der Waals surface area contributed by atoms with Crippen LogP contribution in [0.4, 0.5) is 18.9 Å². The van der Waals surface area contributed by atoms with Gasteiger partial charge in [-0.2, -0.15) is 13.2 Å². The lowest BCUT2D eigenvalue weighted by molar-refractivity contribution is -0.137. The number of piperidine rings is 1. The average Bonchev–Trinajstić information content (AvgIpc) is 2.94. The van der Waals surface area contributed by atoms with Gasteiger partial charge in [-0.05, 0) is 74.4 Å². The van der Waals surface area contributed by atoms with Crippen molar-refractivity contribution in [2.75, 3.05) is 17.4 Å². The summed E-state index contributed by atoms with van der Waals surface area (Å²) in [6.07, 6.45) is 1.15. The molecule has 208 valence electrons. The molecule has 0 spiro atoms. The van der Waals surface area contributed by atoms with Gasteiger partial charge in [-0.1, -0.05) is 66.9 Å². The molecular weight excluding hydrogens is 521 g/mol. The largest absolute Gasteiger partial charge is 0.416 e. The number of rotatable bonds is 6. The second-order valence-corrected chi connectivity index (χ2v) is 12.6. The van der Waals surface area contributed by atoms with E-state index >= 15 is 0 Å². The van der Waals surface area contributed by atoms with Crippen LogP contribution in [0.15, 0.2) is 83.8 Å². The highest BCUT2D eigenvalue weighted by molar-refractivity contribution is 7.92. The van der Waals surface area contributed by atoms with Gasteiger partial charge in [0.05, 0.1) is 16.1 Å². The number of likely N-dealkylation sites (tertiary alicyclic amines) is 1. The third kappa shape index (κ3) is 6.02. The SMILES string of the molecule is Cc1ccc(S(=O)(=O)N(c2cccc(C(F)(F)F)c2)C2CCN(C3CCCCC3c3ccccc3)CC2)cc1. The van der Waals surface area contributed by atoms with Crippen molar-refractivity contribution in [1.82, 2.24) is 4.90 Å². The predicted octanol–water partition coefficient (Wildman–Crippen LogP) is 7.40. The van der Waals surface area contributed by atoms with Gasteiger partial charge in [0.15, 0.2) is 0 Å². The van der Waals surface area contributed by atoms with Crippen LogP contribution in [0.2, 0.25) is 0 Å². The Morgan fingerprint density at radius 3 is 2.15 bits per heavy atom. The van der Waals surface area contributed by atoms with Crippen LogP contribution >= 0.6 is 0 Å². The first-order valence-corrected chi connectivity index (χ1v) is 15.2. The van der Waals surface area contributed by atoms with Crippen LogP contribution in [-0.2, 0) is 16.2 Å². The third-order valence-corrected chi connectivity index (χ3v) is 10.2. The summed E-state index contributed by atoms with van der Waals surface area (Å²) >= 11 is 0. The van der Waals surface area contributed by atoms with Crippen molar-refractivity contribution >= 4 is 15.7 Å². The number of halogens is 3. The summed E-state index contributed by atoms with van der Waals surface area (Å²) in [5, 5.41) is 0. The Hall–Kier alpha value is -2.84. The maximum atomic E-state index is 14.0. The number of sulfonamides is 1. The molecule has 0 amide bonds. The standard InChI is InChI=1S/C31H35F3N2O2S/c1-23-14-16-28(17-15-23)39(37,38)36(27-11-7-10-25(22-27)31(32,33)34)26-18-20-35(21-19-26)30-13-6-5-12-29(30)24-8-3-2-4-9-24/h2-4,7-11,14-17,22,26,29-30H,5-6,12-13,18-21H2,1H3. The molecule has 2 unspecified atom stereocenters. The van der Waals surface area contributed by atoms with E-state index in [2.05, 4.69) is 29.2 Å². The highest BCUT2D eigenvalue weighted by atomic mass is 32.2. The van der Waals surface area contributed by atoms with Crippen molar-refractivity contribution in [2.24, 2.45) is 0 Å². The summed E-state index contributed by atoms with van der Waals surface area (Å²) in [6.45, 7) is 3.28. The van der Waals surface area contributed by atoms with Gasteiger partial charge in [0.2, 0.25) is 0 Å². The number of hydrogen-bond donors (Lipinski definition) is 0. The number of alkyl halides is 3. The van der Waals surface area contributed by atoms with E-state index in [4.69, 9.17) is 0 Å². The van der Waals surface area contributed by atoms with E-state index in [1.807, 2.05) is 13.0 Å². The molecule has 4 nitrogen and oxygen atoms in total. The van der Waals surface area contributed by atoms with Crippen LogP contribution < -0.4 is 4.31 Å². The molecule has 0 bridgehead atoms. The molecule has 1 aliphatic heterocycles. The van der Waals surface area contributed by atoms with E-state index in [1.165, 1.54) is 47.0 Å². The molecule has 1 saturated heterocycles. The summed E-state index contributed by atoms with van der Waals surface area (Å²) in [4.78, 5) is 2.57. The monoisotopic (exact) mass is 556 g/mol. The molecular formula is C31H35F3N2O2S. The topological polar surface area (TPSA) is 40.6 Å². The lowest BCUT2D eigenvalue weighted by Gasteiger charge is -2.45. The molecule has 1 heterocycles. The molecule has 1 saturated carbocycles. The van der Waals surface area contributed by atoms with Crippen molar-refractivity contribution in [1.29, 1.82) is 0 Å². The Morgan fingerprint density at radius 1 is 0.821 bits per heavy atom. The quantitative estimate of drug-likeness (QED) is 0.318. The number of hydrogen-bond acceptors (Lipinski definition) is 3. The number of aryl methyl sites for hydroxylation is 1. The minimum absolute atomic E-state index is 0.0590. The molecule has 1 aliphatic carbocycles. The van der Waals surface area contributed by atoms with Crippen molar-refractivity contribution in [3.05, 3.63) is 95.6 Å². The summed E-state index contributed by atoms with van der Waals surface area (Å²) in [5.74, 6) is 0.437. The molecule has 3 aromatic rings. The van der Waals surface area contributed by atoms with Crippen LogP contribution in [0, 0.1) is 6.92 Å². The van der Waals surface area contributed by atoms with Gasteiger partial charge in [0.25, 0.3) is 10.0 Å². The minimum atomic E-state index is -4.56. The molecule has 5 rings (SSSR count). The van der Waals surface area contributed by atoms with Crippen molar-refractivity contribution < 1.29 is 21.6 Å². The van der Waals surface area contributed by atoms with Crippen LogP contribution in [0.25, 0.3) is 0 Å². The first-order chi connectivity index (χ1) is 18.6. The van der Waals surface area contributed by atoms with Crippen LogP contribution in [0.3, 0.4) is 0 Å². The predicted molar refractivity (Wildman–Crippen MR) is 148 cm³/mol. The summed E-state index contributed by atoms with van der Waals surface area (Å²) < 4.78 is 70.0. The molecule has 0 radical (unpaired) electrons. The summed E-state index contributed by atoms with van der Waals surface area (Å²) in [5.41, 5.74) is 1.46. The fourth-order valence-corrected chi connectivity index (χ4v) is 7.98. The Bertz CT molecular complexity index is 1350. The fraction of sp³-hybridized carbons (Fsp3) is 0.419. The normalized spacial score (nSPS) is 21.5. The Kier molecular flexibility index (Phi) is 8.06. The zero-order valence-corrected chi connectivity index (χ0v) is 23.0. The van der Waals surface area contributed by atoms with Crippen LogP contribution in [-0.4, -0.2) is 38.5 Å². The van der Waals surface area contributed by atoms with E-state index in [0.717, 1.165) is 30.5 Å². The van der Waals surface area contributed by atoms with E-state index < -0.39 is 27.8 Å². The molecule has 2 atom stereocenters. The maximum absolute atomic E-state index is 14.0. The molecule has 0 aromatic heterocycles. The zero-order chi connectivity index (χ0) is 27.6. The van der Waals surface area contributed by atoms with Gasteiger partial charge in [0.1, 0.15) is 0 Å². The Labute approximate surface area is 229 Å². The van der Waals surface area contributed by atoms with E-state index in [-0.39, 0.29) is 10.6 Å². The van der Waals surface area contributed by atoms with Gasteiger partial charge in [-0.15, -0.1) is 0 Å². The van der Waals surface area contributed by atoms with E-state index in [1.54, 1.807) is 12.1 Å². The van der Waals surface area contributed by atoms with Gasteiger partial charge in [-0.25, -0.2) is 8.42 Å². The average molecular weight is 557 g/mol. The third-order valence-electron chi connectivity index (χ3n) is 8.26. The van der Waals surface area contributed by atoms with Gasteiger partial charge >= 0.3 is 6.18 Å². The van der Waals surface area contributed by atoms with Gasteiger partial charge in [-0.3, -0.25) is 9.21 Å². The molecule has 3 aromatic carbocycles. The number of nitrogens with zero attached hydrogens (tertiary/aromatic N) is 2. The molecule has 0 N–H and O–H groups in total. The summed E-state index contributed by atoms with van der Waals surface area (Å²) in [6, 6.07) is 21.7. The zero-order valence-electron chi connectivity index (χ0n) is 22.1. The fourth-order valence-electron chi connectivity index (χ4n) is 6.28. The second-order valence-electron chi connectivity index (χ2n) is 10.8. The number of anilines is 1. The van der Waals surface area contributed by atoms with Crippen LogP contribution in [0.1, 0.15) is 61.1 Å². The van der Waals surface area contributed by atoms with Gasteiger partial charge < -0.3 is 0 Å². The molecule has 8 heteroatoms. The second kappa shape index (κ2) is 11.3. The highest BCUT2D eigenvalue weighted by Crippen LogP contribution is 2.39. The van der Waals surface area contributed by atoms with Crippen molar-refractivity contribution in [3.63, 3.8) is 0 Å². The van der Waals surface area contributed by atoms with Crippen LogP contribution in [0.5, 0.6) is 0 Å². The maximum Gasteiger partial charge on any atom is 0.416 e. The smallest absolute Gasteiger partial charge is 0.300 e. The van der Waals surface area contributed by atoms with Crippen molar-refractivity contribution in [3.8, 4) is 0 Å².